The fraction of sp³-hybridized carbons (Fsp3) is 0.833. The second-order valence-corrected chi connectivity index (χ2v) is 3.13. The first-order chi connectivity index (χ1) is 4.25. The molecule has 0 aromatic rings. The summed E-state index contributed by atoms with van der Waals surface area (Å²) in [6.07, 6.45) is 1.02. The van der Waals surface area contributed by atoms with Gasteiger partial charge in [0.1, 0.15) is 0 Å². The number of hydrogen-bond acceptors (Lipinski definition) is 2. The molecule has 1 aliphatic heterocycles. The van der Waals surface area contributed by atoms with Crippen LogP contribution in [0.5, 0.6) is 0 Å². The van der Waals surface area contributed by atoms with E-state index in [1.807, 2.05) is 0 Å². The molecule has 1 spiro atoms. The summed E-state index contributed by atoms with van der Waals surface area (Å²) >= 11 is 0. The van der Waals surface area contributed by atoms with Gasteiger partial charge in [0.2, 0.25) is 5.91 Å². The molecule has 1 unspecified atom stereocenters. The molecule has 9 heavy (non-hydrogen) atoms. The summed E-state index contributed by atoms with van der Waals surface area (Å²) < 4.78 is 0. The van der Waals surface area contributed by atoms with Crippen LogP contribution in [0.4, 0.5) is 0 Å². The summed E-state index contributed by atoms with van der Waals surface area (Å²) in [5.41, 5.74) is 5.44. The third-order valence-electron chi connectivity index (χ3n) is 2.49. The highest BCUT2D eigenvalue weighted by Gasteiger charge is 2.60. The van der Waals surface area contributed by atoms with Crippen LogP contribution in [0.25, 0.3) is 0 Å². The Morgan fingerprint density at radius 3 is 2.44 bits per heavy atom. The van der Waals surface area contributed by atoms with Gasteiger partial charge in [0.25, 0.3) is 0 Å². The summed E-state index contributed by atoms with van der Waals surface area (Å²) in [5, 5.41) is 3.14. The maximum Gasteiger partial charge on any atom is 0.221 e. The standard InChI is InChI=1S/C6H10N2O/c7-5(9)4-1-6(4)2-8-3-6/h4,8H,1-3H2,(H2,7,9). The largest absolute Gasteiger partial charge is 0.369 e. The molecular formula is C6H10N2O. The highest BCUT2D eigenvalue weighted by molar-refractivity contribution is 5.81. The Kier molecular flexibility index (Phi) is 0.750. The van der Waals surface area contributed by atoms with Gasteiger partial charge in [-0.1, -0.05) is 0 Å². The van der Waals surface area contributed by atoms with Crippen LogP contribution >= 0.6 is 0 Å². The van der Waals surface area contributed by atoms with E-state index in [2.05, 4.69) is 5.32 Å². The van der Waals surface area contributed by atoms with Crippen molar-refractivity contribution < 1.29 is 4.79 Å². The van der Waals surface area contributed by atoms with Crippen molar-refractivity contribution in [1.29, 1.82) is 0 Å². The van der Waals surface area contributed by atoms with E-state index in [1.54, 1.807) is 0 Å². The molecular weight excluding hydrogens is 116 g/mol. The number of carbonyl (C=O) groups excluding carboxylic acids is 1. The van der Waals surface area contributed by atoms with Crippen LogP contribution in [0.15, 0.2) is 0 Å². The summed E-state index contributed by atoms with van der Waals surface area (Å²) in [5.74, 6) is 0.0789. The maximum atomic E-state index is 10.6. The smallest absolute Gasteiger partial charge is 0.221 e. The number of carbonyl (C=O) groups is 1. The SMILES string of the molecule is NC(=O)C1CC12CNC2. The molecule has 2 fully saturated rings. The number of amides is 1. The van der Waals surface area contributed by atoms with E-state index in [0.29, 0.717) is 5.41 Å². The topological polar surface area (TPSA) is 55.1 Å². The third kappa shape index (κ3) is 0.525. The van der Waals surface area contributed by atoms with Gasteiger partial charge in [0, 0.05) is 24.4 Å². The quantitative estimate of drug-likeness (QED) is 0.477. The molecule has 0 radical (unpaired) electrons. The Labute approximate surface area is 53.6 Å². The van der Waals surface area contributed by atoms with Gasteiger partial charge in [-0.3, -0.25) is 4.79 Å². The van der Waals surface area contributed by atoms with Crippen LogP contribution in [0, 0.1) is 11.3 Å². The zero-order valence-corrected chi connectivity index (χ0v) is 5.18. The Bertz CT molecular complexity index is 162. The second-order valence-electron chi connectivity index (χ2n) is 3.13. The van der Waals surface area contributed by atoms with E-state index >= 15 is 0 Å². The molecule has 1 heterocycles. The molecule has 1 saturated heterocycles. The minimum Gasteiger partial charge on any atom is -0.369 e. The normalized spacial score (nSPS) is 35.8. The van der Waals surface area contributed by atoms with Crippen molar-refractivity contribution in [3.05, 3.63) is 0 Å². The van der Waals surface area contributed by atoms with Gasteiger partial charge in [-0.25, -0.2) is 0 Å². The molecule has 3 nitrogen and oxygen atoms in total. The van der Waals surface area contributed by atoms with E-state index in [4.69, 9.17) is 5.73 Å². The fourth-order valence-corrected chi connectivity index (χ4v) is 1.59. The van der Waals surface area contributed by atoms with E-state index in [-0.39, 0.29) is 11.8 Å². The molecule has 2 rings (SSSR count). The van der Waals surface area contributed by atoms with Gasteiger partial charge in [-0.15, -0.1) is 0 Å². The zero-order chi connectivity index (χ0) is 6.48. The lowest BCUT2D eigenvalue weighted by atomic mass is 9.97. The molecule has 0 aromatic carbocycles. The van der Waals surface area contributed by atoms with Gasteiger partial charge in [-0.05, 0) is 6.42 Å². The van der Waals surface area contributed by atoms with Gasteiger partial charge >= 0.3 is 0 Å². The van der Waals surface area contributed by atoms with Crippen molar-refractivity contribution in [2.75, 3.05) is 13.1 Å². The van der Waals surface area contributed by atoms with Crippen LogP contribution < -0.4 is 11.1 Å². The molecule has 0 bridgehead atoms. The van der Waals surface area contributed by atoms with Gasteiger partial charge in [-0.2, -0.15) is 0 Å². The van der Waals surface area contributed by atoms with E-state index in [0.717, 1.165) is 19.5 Å². The van der Waals surface area contributed by atoms with Crippen molar-refractivity contribution in [2.24, 2.45) is 17.1 Å². The highest BCUT2D eigenvalue weighted by Crippen LogP contribution is 2.54. The van der Waals surface area contributed by atoms with Crippen molar-refractivity contribution >= 4 is 5.91 Å². The maximum absolute atomic E-state index is 10.6. The van der Waals surface area contributed by atoms with Gasteiger partial charge < -0.3 is 11.1 Å². The van der Waals surface area contributed by atoms with E-state index < -0.39 is 0 Å². The molecule has 1 atom stereocenters. The summed E-state index contributed by atoms with van der Waals surface area (Å²) in [7, 11) is 0. The van der Waals surface area contributed by atoms with Crippen molar-refractivity contribution in [2.45, 2.75) is 6.42 Å². The average Bonchev–Trinajstić information content (AvgIpc) is 2.34. The van der Waals surface area contributed by atoms with E-state index in [9.17, 15) is 4.79 Å². The minimum atomic E-state index is -0.114. The third-order valence-corrected chi connectivity index (χ3v) is 2.49. The lowest BCUT2D eigenvalue weighted by Crippen LogP contribution is -2.46. The van der Waals surface area contributed by atoms with E-state index in [1.165, 1.54) is 0 Å². The molecule has 1 saturated carbocycles. The molecule has 0 aromatic heterocycles. The highest BCUT2D eigenvalue weighted by atomic mass is 16.1. The first-order valence-corrected chi connectivity index (χ1v) is 3.25. The molecule has 1 aliphatic carbocycles. The average molecular weight is 126 g/mol. The number of nitrogens with one attached hydrogen (secondary N) is 1. The van der Waals surface area contributed by atoms with Crippen LogP contribution in [-0.4, -0.2) is 19.0 Å². The molecule has 3 N–H and O–H groups in total. The van der Waals surface area contributed by atoms with Crippen molar-refractivity contribution in [1.82, 2.24) is 5.32 Å². The number of hydrogen-bond donors (Lipinski definition) is 2. The lowest BCUT2D eigenvalue weighted by molar-refractivity contribution is -0.120. The van der Waals surface area contributed by atoms with Crippen LogP contribution in [0.3, 0.4) is 0 Å². The second kappa shape index (κ2) is 1.29. The molecule has 2 aliphatic rings. The van der Waals surface area contributed by atoms with Crippen LogP contribution in [0.1, 0.15) is 6.42 Å². The lowest BCUT2D eigenvalue weighted by Gasteiger charge is -2.27. The first kappa shape index (κ1) is 5.23. The fourth-order valence-electron chi connectivity index (χ4n) is 1.59. The molecule has 1 amide bonds. The Balaban J connectivity index is 2.01. The van der Waals surface area contributed by atoms with Crippen molar-refractivity contribution in [3.8, 4) is 0 Å². The summed E-state index contributed by atoms with van der Waals surface area (Å²) in [6, 6.07) is 0. The minimum absolute atomic E-state index is 0.114. The Morgan fingerprint density at radius 1 is 1.67 bits per heavy atom. The van der Waals surface area contributed by atoms with Gasteiger partial charge in [0.15, 0.2) is 0 Å². The summed E-state index contributed by atoms with van der Waals surface area (Å²) in [4.78, 5) is 10.6. The Morgan fingerprint density at radius 2 is 2.33 bits per heavy atom. The summed E-state index contributed by atoms with van der Waals surface area (Å²) in [6.45, 7) is 2.00. The number of nitrogens with two attached hydrogens (primary N) is 1. The number of primary amides is 1. The molecule has 50 valence electrons. The van der Waals surface area contributed by atoms with Crippen LogP contribution in [0.2, 0.25) is 0 Å². The predicted molar refractivity (Wildman–Crippen MR) is 32.6 cm³/mol. The van der Waals surface area contributed by atoms with Gasteiger partial charge in [0.05, 0.1) is 0 Å². The first-order valence-electron chi connectivity index (χ1n) is 3.25. The number of rotatable bonds is 1. The van der Waals surface area contributed by atoms with Crippen molar-refractivity contribution in [3.63, 3.8) is 0 Å². The monoisotopic (exact) mass is 126 g/mol. The molecule has 3 heteroatoms. The Hall–Kier alpha value is -0.570. The predicted octanol–water partition coefficient (Wildman–Crippen LogP) is -0.919. The zero-order valence-electron chi connectivity index (χ0n) is 5.18. The van der Waals surface area contributed by atoms with Crippen LogP contribution in [-0.2, 0) is 4.79 Å².